The normalized spacial score (nSPS) is 18.6. The second-order valence-corrected chi connectivity index (χ2v) is 7.18. The number of hydrogen-bond donors (Lipinski definition) is 2. The molecule has 6 heteroatoms. The van der Waals surface area contributed by atoms with E-state index in [4.69, 9.17) is 0 Å². The van der Waals surface area contributed by atoms with Crippen LogP contribution >= 0.6 is 0 Å². The zero-order valence-corrected chi connectivity index (χ0v) is 15.1. The number of amides is 1. The summed E-state index contributed by atoms with van der Waals surface area (Å²) >= 11 is 0. The summed E-state index contributed by atoms with van der Waals surface area (Å²) in [7, 11) is 0. The molecule has 2 aliphatic rings. The molecular formula is C21H21F2N3O. The van der Waals surface area contributed by atoms with E-state index in [0.717, 1.165) is 25.9 Å². The lowest BCUT2D eigenvalue weighted by molar-refractivity contribution is -0.110. The Morgan fingerprint density at radius 1 is 1.15 bits per heavy atom. The fourth-order valence-electron chi connectivity index (χ4n) is 3.57. The predicted molar refractivity (Wildman–Crippen MR) is 104 cm³/mol. The Balaban J connectivity index is 1.52. The lowest BCUT2D eigenvalue weighted by atomic mass is 9.99. The van der Waals surface area contributed by atoms with Gasteiger partial charge in [0.05, 0.1) is 16.9 Å². The quantitative estimate of drug-likeness (QED) is 0.777. The molecule has 4 rings (SSSR count). The zero-order valence-electron chi connectivity index (χ0n) is 15.1. The van der Waals surface area contributed by atoms with Crippen LogP contribution in [0.5, 0.6) is 0 Å². The van der Waals surface area contributed by atoms with Gasteiger partial charge < -0.3 is 15.5 Å². The minimum Gasteiger partial charge on any atom is -0.369 e. The van der Waals surface area contributed by atoms with Crippen LogP contribution in [-0.4, -0.2) is 19.0 Å². The third-order valence-electron chi connectivity index (χ3n) is 5.22. The third-order valence-corrected chi connectivity index (χ3v) is 5.22. The van der Waals surface area contributed by atoms with E-state index in [0.29, 0.717) is 34.1 Å². The van der Waals surface area contributed by atoms with E-state index in [-0.39, 0.29) is 11.7 Å². The van der Waals surface area contributed by atoms with Crippen molar-refractivity contribution in [2.45, 2.75) is 19.8 Å². The molecule has 1 saturated heterocycles. The molecule has 0 aliphatic carbocycles. The molecule has 0 radical (unpaired) electrons. The summed E-state index contributed by atoms with van der Waals surface area (Å²) in [6.07, 6.45) is 3.66. The average Bonchev–Trinajstić information content (AvgIpc) is 2.95. The first-order chi connectivity index (χ1) is 13.0. The van der Waals surface area contributed by atoms with Crippen molar-refractivity contribution in [2.75, 3.05) is 28.6 Å². The monoisotopic (exact) mass is 369 g/mol. The highest BCUT2D eigenvalue weighted by Gasteiger charge is 2.24. The van der Waals surface area contributed by atoms with E-state index in [1.807, 2.05) is 0 Å². The summed E-state index contributed by atoms with van der Waals surface area (Å²) in [5.74, 6) is -0.326. The Morgan fingerprint density at radius 2 is 1.93 bits per heavy atom. The lowest BCUT2D eigenvalue weighted by Crippen LogP contribution is -2.33. The van der Waals surface area contributed by atoms with Gasteiger partial charge in [0, 0.05) is 30.5 Å². The molecular weight excluding hydrogens is 348 g/mol. The van der Waals surface area contributed by atoms with Crippen molar-refractivity contribution in [1.82, 2.24) is 0 Å². The molecule has 0 atom stereocenters. The maximum Gasteiger partial charge on any atom is 0.257 e. The molecule has 0 unspecified atom stereocenters. The Labute approximate surface area is 156 Å². The first-order valence-corrected chi connectivity index (χ1v) is 9.14. The van der Waals surface area contributed by atoms with Gasteiger partial charge in [0.15, 0.2) is 0 Å². The number of benzene rings is 2. The number of anilines is 3. The summed E-state index contributed by atoms with van der Waals surface area (Å²) < 4.78 is 27.9. The van der Waals surface area contributed by atoms with Crippen LogP contribution in [0, 0.1) is 17.6 Å². The maximum atomic E-state index is 14.6. The average molecular weight is 369 g/mol. The van der Waals surface area contributed by atoms with Crippen molar-refractivity contribution in [2.24, 2.45) is 5.92 Å². The maximum absolute atomic E-state index is 14.6. The SMILES string of the molecule is CC1CCN(c2ccc(NC=C3C(=O)Nc4cc(F)ccc43)cc2F)CC1. The number of hydrogen-bond acceptors (Lipinski definition) is 3. The second kappa shape index (κ2) is 7.02. The van der Waals surface area contributed by atoms with Crippen LogP contribution in [0.4, 0.5) is 25.8 Å². The molecule has 2 aromatic rings. The van der Waals surface area contributed by atoms with E-state index in [9.17, 15) is 13.6 Å². The lowest BCUT2D eigenvalue weighted by Gasteiger charge is -2.32. The number of piperidine rings is 1. The fourth-order valence-corrected chi connectivity index (χ4v) is 3.57. The van der Waals surface area contributed by atoms with Gasteiger partial charge in [-0.25, -0.2) is 8.78 Å². The van der Waals surface area contributed by atoms with Gasteiger partial charge in [-0.3, -0.25) is 4.79 Å². The number of fused-ring (bicyclic) bond motifs is 1. The Hall–Kier alpha value is -2.89. The Kier molecular flexibility index (Phi) is 4.56. The second-order valence-electron chi connectivity index (χ2n) is 7.18. The third kappa shape index (κ3) is 3.52. The first-order valence-electron chi connectivity index (χ1n) is 9.14. The molecule has 1 fully saturated rings. The first kappa shape index (κ1) is 17.5. The van der Waals surface area contributed by atoms with E-state index in [1.54, 1.807) is 18.2 Å². The predicted octanol–water partition coefficient (Wildman–Crippen LogP) is 4.61. The molecule has 2 aliphatic heterocycles. The molecule has 0 spiro atoms. The van der Waals surface area contributed by atoms with Crippen molar-refractivity contribution in [1.29, 1.82) is 0 Å². The Bertz CT molecular complexity index is 918. The highest BCUT2D eigenvalue weighted by molar-refractivity contribution is 6.31. The highest BCUT2D eigenvalue weighted by Crippen LogP contribution is 2.32. The summed E-state index contributed by atoms with van der Waals surface area (Å²) in [6.45, 7) is 3.95. The van der Waals surface area contributed by atoms with Crippen LogP contribution in [0.1, 0.15) is 25.3 Å². The topological polar surface area (TPSA) is 44.4 Å². The number of nitrogens with zero attached hydrogens (tertiary/aromatic N) is 1. The van der Waals surface area contributed by atoms with E-state index in [2.05, 4.69) is 22.5 Å². The molecule has 2 aromatic carbocycles. The van der Waals surface area contributed by atoms with Gasteiger partial charge in [-0.05, 0) is 55.2 Å². The highest BCUT2D eigenvalue weighted by atomic mass is 19.1. The number of rotatable bonds is 3. The number of halogens is 2. The van der Waals surface area contributed by atoms with Crippen LogP contribution in [-0.2, 0) is 4.79 Å². The van der Waals surface area contributed by atoms with Gasteiger partial charge in [0.25, 0.3) is 5.91 Å². The van der Waals surface area contributed by atoms with Crippen molar-refractivity contribution in [3.63, 3.8) is 0 Å². The largest absolute Gasteiger partial charge is 0.369 e. The Morgan fingerprint density at radius 3 is 2.67 bits per heavy atom. The summed E-state index contributed by atoms with van der Waals surface area (Å²) in [5, 5.41) is 5.60. The van der Waals surface area contributed by atoms with Crippen LogP contribution in [0.25, 0.3) is 5.57 Å². The molecule has 1 amide bonds. The van der Waals surface area contributed by atoms with Gasteiger partial charge in [0.1, 0.15) is 11.6 Å². The van der Waals surface area contributed by atoms with E-state index >= 15 is 0 Å². The van der Waals surface area contributed by atoms with Crippen molar-refractivity contribution in [3.8, 4) is 0 Å². The standard InChI is InChI=1S/C21H21F2N3O/c1-13-6-8-26(9-7-13)20-5-3-15(11-18(20)23)24-12-17-16-4-2-14(22)10-19(16)25-21(17)27/h2-5,10-13,24H,6-9H2,1H3,(H,25,27). The van der Waals surface area contributed by atoms with Crippen molar-refractivity contribution >= 4 is 28.5 Å². The van der Waals surface area contributed by atoms with Crippen LogP contribution in [0.3, 0.4) is 0 Å². The van der Waals surface area contributed by atoms with Crippen molar-refractivity contribution < 1.29 is 13.6 Å². The molecule has 0 bridgehead atoms. The molecule has 4 nitrogen and oxygen atoms in total. The molecule has 27 heavy (non-hydrogen) atoms. The molecule has 0 aromatic heterocycles. The van der Waals surface area contributed by atoms with Gasteiger partial charge in [0.2, 0.25) is 0 Å². The summed E-state index contributed by atoms with van der Waals surface area (Å²) in [5.41, 5.74) is 2.61. The fraction of sp³-hybridized carbons (Fsp3) is 0.286. The van der Waals surface area contributed by atoms with Crippen LogP contribution < -0.4 is 15.5 Å². The minimum atomic E-state index is -0.409. The van der Waals surface area contributed by atoms with Gasteiger partial charge in [-0.1, -0.05) is 6.92 Å². The van der Waals surface area contributed by atoms with Crippen molar-refractivity contribution in [3.05, 3.63) is 59.8 Å². The van der Waals surface area contributed by atoms with Gasteiger partial charge >= 0.3 is 0 Å². The number of carbonyl (C=O) groups excluding carboxylic acids is 1. The molecule has 2 heterocycles. The summed E-state index contributed by atoms with van der Waals surface area (Å²) in [6, 6.07) is 9.14. The smallest absolute Gasteiger partial charge is 0.257 e. The zero-order chi connectivity index (χ0) is 19.0. The molecule has 140 valence electrons. The number of nitrogens with one attached hydrogen (secondary N) is 2. The van der Waals surface area contributed by atoms with Crippen LogP contribution in [0.15, 0.2) is 42.6 Å². The molecule has 0 saturated carbocycles. The van der Waals surface area contributed by atoms with Crippen LogP contribution in [0.2, 0.25) is 0 Å². The van der Waals surface area contributed by atoms with Gasteiger partial charge in [-0.15, -0.1) is 0 Å². The minimum absolute atomic E-state index is 0.286. The summed E-state index contributed by atoms with van der Waals surface area (Å²) in [4.78, 5) is 14.2. The molecule has 2 N–H and O–H groups in total. The van der Waals surface area contributed by atoms with E-state index in [1.165, 1.54) is 24.4 Å². The van der Waals surface area contributed by atoms with Gasteiger partial charge in [-0.2, -0.15) is 0 Å². The number of carbonyl (C=O) groups is 1. The van der Waals surface area contributed by atoms with E-state index < -0.39 is 5.82 Å².